The van der Waals surface area contributed by atoms with Gasteiger partial charge in [-0.2, -0.15) is 0 Å². The van der Waals surface area contributed by atoms with E-state index in [1.54, 1.807) is 0 Å². The average Bonchev–Trinajstić information content (AvgIpc) is 3.35. The van der Waals surface area contributed by atoms with Gasteiger partial charge in [-0.25, -0.2) is 0 Å². The number of aliphatic hydroxyl groups is 1. The molecule has 1 nitrogen and oxygen atoms in total. The predicted molar refractivity (Wildman–Crippen MR) is 177 cm³/mol. The SMILES string of the molecule is CC(C)(O)c1ccccc1-c1ccc2c3c(cccc13)-c1c-2c(-c2ccccc2)c2ccccc2c1-c1ccccc1. The molecule has 200 valence electrons. The van der Waals surface area contributed by atoms with Crippen molar-refractivity contribution in [3.05, 3.63) is 145 Å². The summed E-state index contributed by atoms with van der Waals surface area (Å²) >= 11 is 0. The van der Waals surface area contributed by atoms with Crippen LogP contribution in [0.2, 0.25) is 0 Å². The lowest BCUT2D eigenvalue weighted by Gasteiger charge is -2.23. The summed E-state index contributed by atoms with van der Waals surface area (Å²) in [5, 5.41) is 16.1. The van der Waals surface area contributed by atoms with Crippen molar-refractivity contribution >= 4 is 21.5 Å². The zero-order valence-corrected chi connectivity index (χ0v) is 23.7. The van der Waals surface area contributed by atoms with Crippen LogP contribution in [-0.4, -0.2) is 5.11 Å². The first-order valence-electron chi connectivity index (χ1n) is 14.6. The fourth-order valence-electron chi connectivity index (χ4n) is 7.10. The number of fused-ring (bicyclic) bond motifs is 4. The topological polar surface area (TPSA) is 20.2 Å². The number of hydrogen-bond acceptors (Lipinski definition) is 1. The molecule has 0 aromatic heterocycles. The van der Waals surface area contributed by atoms with Crippen LogP contribution >= 0.6 is 0 Å². The van der Waals surface area contributed by atoms with Crippen molar-refractivity contribution in [2.24, 2.45) is 0 Å². The Kier molecular flexibility index (Phi) is 5.47. The summed E-state index contributed by atoms with van der Waals surface area (Å²) in [6.07, 6.45) is 0. The summed E-state index contributed by atoms with van der Waals surface area (Å²) in [7, 11) is 0. The number of hydrogen-bond donors (Lipinski definition) is 1. The Morgan fingerprint density at radius 3 is 1.43 bits per heavy atom. The molecule has 0 saturated carbocycles. The van der Waals surface area contributed by atoms with Crippen LogP contribution in [0.25, 0.3) is 77.2 Å². The minimum absolute atomic E-state index is 0.932. The van der Waals surface area contributed by atoms with Crippen molar-refractivity contribution in [1.82, 2.24) is 0 Å². The predicted octanol–water partition coefficient (Wildman–Crippen LogP) is 10.9. The quantitative estimate of drug-likeness (QED) is 0.236. The van der Waals surface area contributed by atoms with Gasteiger partial charge in [-0.05, 0) is 96.6 Å². The molecule has 7 aromatic carbocycles. The molecule has 0 unspecified atom stereocenters. The Morgan fingerprint density at radius 2 is 0.833 bits per heavy atom. The molecule has 1 aliphatic carbocycles. The highest BCUT2D eigenvalue weighted by atomic mass is 16.3. The molecule has 0 amide bonds. The first-order valence-corrected chi connectivity index (χ1v) is 14.6. The summed E-state index contributed by atoms with van der Waals surface area (Å²) in [6.45, 7) is 3.73. The lowest BCUT2D eigenvalue weighted by molar-refractivity contribution is 0.0792. The first-order chi connectivity index (χ1) is 20.5. The average molecular weight is 539 g/mol. The maximum absolute atomic E-state index is 11.1. The summed E-state index contributed by atoms with van der Waals surface area (Å²) in [5.41, 5.74) is 12.3. The van der Waals surface area contributed by atoms with Crippen LogP contribution in [0.15, 0.2) is 140 Å². The molecule has 0 atom stereocenters. The van der Waals surface area contributed by atoms with Crippen molar-refractivity contribution in [2.45, 2.75) is 19.4 Å². The molecule has 0 heterocycles. The van der Waals surface area contributed by atoms with Gasteiger partial charge in [0, 0.05) is 0 Å². The standard InChI is InChI=1S/C41H30O/c1-41(2,42)35-23-12-11-18-29(35)28-24-25-34-38-30(28)21-13-22-33(38)39-36(26-14-5-3-6-15-26)31-19-9-10-20-32(31)37(40(34)39)27-16-7-4-8-17-27/h3-25,42H,1-2H3. The lowest BCUT2D eigenvalue weighted by Crippen LogP contribution is -2.16. The smallest absolute Gasteiger partial charge is 0.0846 e. The van der Waals surface area contributed by atoms with E-state index in [1.807, 2.05) is 26.0 Å². The Balaban J connectivity index is 1.55. The fraction of sp³-hybridized carbons (Fsp3) is 0.0732. The molecule has 0 fully saturated rings. The second-order valence-corrected chi connectivity index (χ2v) is 11.8. The van der Waals surface area contributed by atoms with E-state index in [0.717, 1.165) is 16.7 Å². The van der Waals surface area contributed by atoms with E-state index < -0.39 is 5.60 Å². The van der Waals surface area contributed by atoms with Crippen molar-refractivity contribution in [2.75, 3.05) is 0 Å². The van der Waals surface area contributed by atoms with Gasteiger partial charge in [0.25, 0.3) is 0 Å². The summed E-state index contributed by atoms with van der Waals surface area (Å²) < 4.78 is 0. The lowest BCUT2D eigenvalue weighted by atomic mass is 9.82. The second-order valence-electron chi connectivity index (χ2n) is 11.8. The summed E-state index contributed by atoms with van der Waals surface area (Å²) in [6, 6.07) is 50.1. The van der Waals surface area contributed by atoms with Crippen molar-refractivity contribution in [3.8, 4) is 55.6 Å². The minimum Gasteiger partial charge on any atom is -0.386 e. The molecular formula is C41H30O. The van der Waals surface area contributed by atoms with Gasteiger partial charge in [0.15, 0.2) is 0 Å². The number of benzene rings is 7. The molecule has 0 aliphatic heterocycles. The van der Waals surface area contributed by atoms with Crippen LogP contribution < -0.4 is 0 Å². The van der Waals surface area contributed by atoms with E-state index >= 15 is 0 Å². The zero-order valence-electron chi connectivity index (χ0n) is 23.7. The highest BCUT2D eigenvalue weighted by Crippen LogP contribution is 2.58. The number of rotatable bonds is 4. The molecule has 0 bridgehead atoms. The second kappa shape index (κ2) is 9.27. The third kappa shape index (κ3) is 3.61. The first kappa shape index (κ1) is 24.8. The zero-order chi connectivity index (χ0) is 28.4. The van der Waals surface area contributed by atoms with Gasteiger partial charge < -0.3 is 5.11 Å². The third-order valence-electron chi connectivity index (χ3n) is 8.80. The highest BCUT2D eigenvalue weighted by molar-refractivity contribution is 6.28. The normalized spacial score (nSPS) is 12.2. The van der Waals surface area contributed by atoms with Crippen molar-refractivity contribution < 1.29 is 5.11 Å². The largest absolute Gasteiger partial charge is 0.386 e. The van der Waals surface area contributed by atoms with Crippen LogP contribution in [0.4, 0.5) is 0 Å². The minimum atomic E-state index is -0.957. The maximum atomic E-state index is 11.1. The molecule has 1 aliphatic rings. The molecule has 0 radical (unpaired) electrons. The Hall–Kier alpha value is -4.98. The summed E-state index contributed by atoms with van der Waals surface area (Å²) in [5.74, 6) is 0. The molecule has 1 heteroatoms. The molecule has 1 N–H and O–H groups in total. The van der Waals surface area contributed by atoms with E-state index in [2.05, 4.69) is 127 Å². The van der Waals surface area contributed by atoms with Gasteiger partial charge in [-0.15, -0.1) is 0 Å². The maximum Gasteiger partial charge on any atom is 0.0846 e. The molecule has 7 aromatic rings. The van der Waals surface area contributed by atoms with Gasteiger partial charge in [-0.3, -0.25) is 0 Å². The Morgan fingerprint density at radius 1 is 0.381 bits per heavy atom. The van der Waals surface area contributed by atoms with Gasteiger partial charge in [-0.1, -0.05) is 140 Å². The van der Waals surface area contributed by atoms with E-state index in [4.69, 9.17) is 0 Å². The van der Waals surface area contributed by atoms with E-state index in [1.165, 1.54) is 66.1 Å². The van der Waals surface area contributed by atoms with Crippen molar-refractivity contribution in [3.63, 3.8) is 0 Å². The molecule has 0 spiro atoms. The van der Waals surface area contributed by atoms with Crippen LogP contribution in [0.1, 0.15) is 19.4 Å². The molecule has 42 heavy (non-hydrogen) atoms. The van der Waals surface area contributed by atoms with Crippen LogP contribution in [0, 0.1) is 0 Å². The van der Waals surface area contributed by atoms with Gasteiger partial charge in [0.2, 0.25) is 0 Å². The van der Waals surface area contributed by atoms with Gasteiger partial charge in [0.1, 0.15) is 0 Å². The van der Waals surface area contributed by atoms with Gasteiger partial charge >= 0.3 is 0 Å². The fourth-order valence-corrected chi connectivity index (χ4v) is 7.10. The Bertz CT molecular complexity index is 2060. The third-order valence-corrected chi connectivity index (χ3v) is 8.80. The van der Waals surface area contributed by atoms with Gasteiger partial charge in [0.05, 0.1) is 5.60 Å². The monoisotopic (exact) mass is 538 g/mol. The molecular weight excluding hydrogens is 508 g/mol. The van der Waals surface area contributed by atoms with E-state index in [0.29, 0.717) is 0 Å². The molecule has 8 rings (SSSR count). The highest BCUT2D eigenvalue weighted by Gasteiger charge is 2.31. The Labute approximate surface area is 246 Å². The summed E-state index contributed by atoms with van der Waals surface area (Å²) in [4.78, 5) is 0. The molecule has 0 saturated heterocycles. The van der Waals surface area contributed by atoms with Crippen LogP contribution in [0.3, 0.4) is 0 Å². The van der Waals surface area contributed by atoms with E-state index in [9.17, 15) is 5.11 Å². The van der Waals surface area contributed by atoms with Crippen LogP contribution in [0.5, 0.6) is 0 Å². The van der Waals surface area contributed by atoms with Crippen molar-refractivity contribution in [1.29, 1.82) is 0 Å². The van der Waals surface area contributed by atoms with Crippen LogP contribution in [-0.2, 0) is 5.60 Å². The van der Waals surface area contributed by atoms with E-state index in [-0.39, 0.29) is 0 Å².